The van der Waals surface area contributed by atoms with Crippen molar-refractivity contribution in [2.45, 2.75) is 6.42 Å². The van der Waals surface area contributed by atoms with Gasteiger partial charge in [0.2, 0.25) is 5.76 Å². The molecule has 8 nitrogen and oxygen atoms in total. The van der Waals surface area contributed by atoms with Crippen LogP contribution >= 0.6 is 11.3 Å². The summed E-state index contributed by atoms with van der Waals surface area (Å²) in [6.07, 6.45) is 2.00. The summed E-state index contributed by atoms with van der Waals surface area (Å²) in [7, 11) is 0. The molecule has 0 spiro atoms. The molecule has 0 aromatic carbocycles. The molecule has 3 rings (SSSR count). The highest BCUT2D eigenvalue weighted by Gasteiger charge is 2.12. The molecule has 0 fully saturated rings. The molecule has 0 radical (unpaired) electrons. The van der Waals surface area contributed by atoms with E-state index in [1.807, 2.05) is 17.5 Å². The summed E-state index contributed by atoms with van der Waals surface area (Å²) in [4.78, 5) is 24.6. The molecule has 24 heavy (non-hydrogen) atoms. The number of aromatic nitrogens is 3. The third kappa shape index (κ3) is 3.87. The van der Waals surface area contributed by atoms with Gasteiger partial charge in [-0.15, -0.1) is 11.3 Å². The van der Waals surface area contributed by atoms with Gasteiger partial charge in [0.1, 0.15) is 0 Å². The number of thiophene rings is 1. The summed E-state index contributed by atoms with van der Waals surface area (Å²) >= 11 is 1.57. The van der Waals surface area contributed by atoms with Crippen molar-refractivity contribution in [3.05, 3.63) is 47.3 Å². The van der Waals surface area contributed by atoms with Crippen molar-refractivity contribution in [3.63, 3.8) is 0 Å². The van der Waals surface area contributed by atoms with Gasteiger partial charge in [0, 0.05) is 19.2 Å². The van der Waals surface area contributed by atoms with Gasteiger partial charge in [-0.1, -0.05) is 11.2 Å². The molecule has 3 heterocycles. The summed E-state index contributed by atoms with van der Waals surface area (Å²) in [5.41, 5.74) is 1.15. The zero-order valence-corrected chi connectivity index (χ0v) is 13.4. The van der Waals surface area contributed by atoms with Crippen LogP contribution in [-0.2, 0) is 0 Å². The van der Waals surface area contributed by atoms with Crippen molar-refractivity contribution in [1.29, 1.82) is 0 Å². The Labute approximate surface area is 141 Å². The molecule has 0 saturated carbocycles. The van der Waals surface area contributed by atoms with Crippen LogP contribution in [0.15, 0.2) is 40.4 Å². The first-order chi connectivity index (χ1) is 11.7. The fourth-order valence-corrected chi connectivity index (χ4v) is 2.69. The van der Waals surface area contributed by atoms with Crippen LogP contribution in [0.4, 0.5) is 0 Å². The molecule has 0 unspecified atom stereocenters. The van der Waals surface area contributed by atoms with Crippen molar-refractivity contribution in [1.82, 2.24) is 26.0 Å². The SMILES string of the molecule is O=C(NCCCNC(=O)c1ccno1)c1cc(-c2cccs2)[nH]n1. The van der Waals surface area contributed by atoms with Crippen molar-refractivity contribution >= 4 is 23.2 Å². The molecule has 3 aromatic heterocycles. The second-order valence-corrected chi connectivity index (χ2v) is 5.83. The van der Waals surface area contributed by atoms with Crippen LogP contribution < -0.4 is 10.6 Å². The van der Waals surface area contributed by atoms with Gasteiger partial charge in [0.05, 0.1) is 16.8 Å². The van der Waals surface area contributed by atoms with Crippen LogP contribution in [0, 0.1) is 0 Å². The third-order valence-corrected chi connectivity index (χ3v) is 4.09. The molecule has 3 N–H and O–H groups in total. The highest BCUT2D eigenvalue weighted by molar-refractivity contribution is 7.13. The first-order valence-corrected chi connectivity index (χ1v) is 8.18. The lowest BCUT2D eigenvalue weighted by atomic mass is 10.3. The zero-order chi connectivity index (χ0) is 16.8. The summed E-state index contributed by atoms with van der Waals surface area (Å²) in [5, 5.41) is 17.7. The van der Waals surface area contributed by atoms with E-state index in [0.717, 1.165) is 10.6 Å². The van der Waals surface area contributed by atoms with E-state index in [9.17, 15) is 9.59 Å². The van der Waals surface area contributed by atoms with Gasteiger partial charge in [-0.3, -0.25) is 14.7 Å². The summed E-state index contributed by atoms with van der Waals surface area (Å²) in [5.74, 6) is -0.418. The normalized spacial score (nSPS) is 10.5. The Morgan fingerprint density at radius 1 is 1.21 bits per heavy atom. The minimum atomic E-state index is -0.327. The van der Waals surface area contributed by atoms with Crippen LogP contribution in [0.25, 0.3) is 10.6 Å². The van der Waals surface area contributed by atoms with Crippen LogP contribution in [0.1, 0.15) is 27.5 Å². The standard InChI is InChI=1S/C15H15N5O3S/c21-14(11-9-10(19-20-11)13-3-1-8-24-13)16-5-2-6-17-15(22)12-4-7-18-23-12/h1,3-4,7-9H,2,5-6H2,(H,16,21)(H,17,22)(H,19,20). The number of hydrogen-bond donors (Lipinski definition) is 3. The molecule has 0 aliphatic heterocycles. The van der Waals surface area contributed by atoms with Gasteiger partial charge in [-0.2, -0.15) is 5.10 Å². The molecule has 0 aliphatic rings. The Morgan fingerprint density at radius 2 is 2.04 bits per heavy atom. The predicted molar refractivity (Wildman–Crippen MR) is 87.7 cm³/mol. The fourth-order valence-electron chi connectivity index (χ4n) is 2.00. The number of carbonyl (C=O) groups is 2. The molecule has 124 valence electrons. The highest BCUT2D eigenvalue weighted by atomic mass is 32.1. The van der Waals surface area contributed by atoms with E-state index < -0.39 is 0 Å². The van der Waals surface area contributed by atoms with Crippen LogP contribution in [0.5, 0.6) is 0 Å². The molecule has 2 amide bonds. The second kappa shape index (κ2) is 7.55. The monoisotopic (exact) mass is 345 g/mol. The Balaban J connectivity index is 1.39. The van der Waals surface area contributed by atoms with Crippen molar-refractivity contribution < 1.29 is 14.1 Å². The number of amides is 2. The van der Waals surface area contributed by atoms with E-state index in [2.05, 4.69) is 26.0 Å². The molecule has 3 aromatic rings. The van der Waals surface area contributed by atoms with Gasteiger partial charge < -0.3 is 15.2 Å². The molecule has 0 aliphatic carbocycles. The smallest absolute Gasteiger partial charge is 0.289 e. The molecule has 0 saturated heterocycles. The van der Waals surface area contributed by atoms with Crippen LogP contribution in [0.3, 0.4) is 0 Å². The van der Waals surface area contributed by atoms with E-state index in [1.165, 1.54) is 12.3 Å². The Morgan fingerprint density at radius 3 is 2.75 bits per heavy atom. The molecular weight excluding hydrogens is 330 g/mol. The third-order valence-electron chi connectivity index (χ3n) is 3.18. The number of hydrogen-bond acceptors (Lipinski definition) is 6. The lowest BCUT2D eigenvalue weighted by Crippen LogP contribution is -2.29. The summed E-state index contributed by atoms with van der Waals surface area (Å²) in [6.45, 7) is 0.845. The minimum absolute atomic E-state index is 0.164. The lowest BCUT2D eigenvalue weighted by molar-refractivity contribution is 0.0916. The van der Waals surface area contributed by atoms with Gasteiger partial charge >= 0.3 is 0 Å². The van der Waals surface area contributed by atoms with E-state index in [0.29, 0.717) is 25.2 Å². The summed E-state index contributed by atoms with van der Waals surface area (Å²) < 4.78 is 4.74. The maximum atomic E-state index is 12.0. The average molecular weight is 345 g/mol. The highest BCUT2D eigenvalue weighted by Crippen LogP contribution is 2.22. The number of rotatable bonds is 7. The van der Waals surface area contributed by atoms with Crippen LogP contribution in [0.2, 0.25) is 0 Å². The lowest BCUT2D eigenvalue weighted by Gasteiger charge is -2.04. The number of nitrogens with one attached hydrogen (secondary N) is 3. The molecular formula is C15H15N5O3S. The van der Waals surface area contributed by atoms with E-state index in [4.69, 9.17) is 4.52 Å². The molecule has 0 bridgehead atoms. The van der Waals surface area contributed by atoms with E-state index >= 15 is 0 Å². The predicted octanol–water partition coefficient (Wildman–Crippen LogP) is 1.68. The van der Waals surface area contributed by atoms with Gasteiger partial charge in [0.15, 0.2) is 5.69 Å². The topological polar surface area (TPSA) is 113 Å². The van der Waals surface area contributed by atoms with Crippen molar-refractivity contribution in [2.24, 2.45) is 0 Å². The Hall–Kier alpha value is -2.94. The minimum Gasteiger partial charge on any atom is -0.351 e. The molecule has 0 atom stereocenters. The second-order valence-electron chi connectivity index (χ2n) is 4.89. The first-order valence-electron chi connectivity index (χ1n) is 7.30. The Kier molecular flexibility index (Phi) is 5.02. The average Bonchev–Trinajstić information content (AvgIpc) is 3.35. The fraction of sp³-hybridized carbons (Fsp3) is 0.200. The number of H-pyrrole nitrogens is 1. The summed E-state index contributed by atoms with van der Waals surface area (Å²) in [6, 6.07) is 7.09. The van der Waals surface area contributed by atoms with Gasteiger partial charge in [-0.05, 0) is 23.9 Å². The van der Waals surface area contributed by atoms with E-state index in [-0.39, 0.29) is 17.6 Å². The van der Waals surface area contributed by atoms with Crippen LogP contribution in [-0.4, -0.2) is 40.3 Å². The molecule has 9 heteroatoms. The number of carbonyl (C=O) groups excluding carboxylic acids is 2. The largest absolute Gasteiger partial charge is 0.351 e. The quantitative estimate of drug-likeness (QED) is 0.564. The maximum absolute atomic E-state index is 12.0. The van der Waals surface area contributed by atoms with E-state index in [1.54, 1.807) is 17.4 Å². The zero-order valence-electron chi connectivity index (χ0n) is 12.6. The van der Waals surface area contributed by atoms with Gasteiger partial charge in [0.25, 0.3) is 11.8 Å². The van der Waals surface area contributed by atoms with Crippen molar-refractivity contribution in [3.8, 4) is 10.6 Å². The number of nitrogens with zero attached hydrogens (tertiary/aromatic N) is 2. The number of aromatic amines is 1. The first kappa shape index (κ1) is 15.9. The maximum Gasteiger partial charge on any atom is 0.289 e. The van der Waals surface area contributed by atoms with Gasteiger partial charge in [-0.25, -0.2) is 0 Å². The van der Waals surface area contributed by atoms with Crippen molar-refractivity contribution in [2.75, 3.05) is 13.1 Å². The Bertz CT molecular complexity index is 795.